The minimum absolute atomic E-state index is 0.0372. The quantitative estimate of drug-likeness (QED) is 0.101. The van der Waals surface area contributed by atoms with Gasteiger partial charge in [-0.2, -0.15) is 0 Å². The Morgan fingerprint density at radius 1 is 0.646 bits per heavy atom. The van der Waals surface area contributed by atoms with E-state index in [2.05, 4.69) is 33.9 Å². The number of β-lactam (4-membered cyclic amide) rings is 3. The van der Waals surface area contributed by atoms with Gasteiger partial charge in [-0.3, -0.25) is 53.1 Å². The minimum atomic E-state index is -0.749. The van der Waals surface area contributed by atoms with Gasteiger partial charge in [0.2, 0.25) is 17.7 Å². The van der Waals surface area contributed by atoms with Crippen molar-refractivity contribution in [1.29, 1.82) is 0 Å². The first-order valence-corrected chi connectivity index (χ1v) is 13.9. The van der Waals surface area contributed by atoms with Crippen LogP contribution in [0.25, 0.3) is 0 Å². The average Bonchev–Trinajstić information content (AvgIpc) is 3.01. The number of carbonyl (C=O) groups excluding carboxylic acids is 11. The highest BCUT2D eigenvalue weighted by Gasteiger charge is 2.44. The summed E-state index contributed by atoms with van der Waals surface area (Å²) in [5, 5.41) is 0. The van der Waals surface area contributed by atoms with Crippen LogP contribution in [0.5, 0.6) is 0 Å². The first-order chi connectivity index (χ1) is 22.4. The first-order valence-electron chi connectivity index (χ1n) is 13.9. The van der Waals surface area contributed by atoms with E-state index in [1.165, 1.54) is 27.9 Å². The maximum Gasteiger partial charge on any atom is 0.333 e. The SMILES string of the molecule is C=C(C)C(=O)OCC(=O)N1C(=O)CC1C(C)=O.C=CC(=O)OCC(=O)N1C(=O)CC1C(C)=O.C=CC(=O)OCC(=O)N1C(=O)CC1OC. The molecule has 3 saturated heterocycles. The first kappa shape index (κ1) is 40.4. The zero-order chi connectivity index (χ0) is 36.9. The Labute approximate surface area is 274 Å². The number of ether oxygens (including phenoxy) is 4. The number of ketones is 2. The summed E-state index contributed by atoms with van der Waals surface area (Å²) in [5.74, 6) is -5.83. The Morgan fingerprint density at radius 3 is 1.29 bits per heavy atom. The number of hydrogen-bond donors (Lipinski definition) is 0. The van der Waals surface area contributed by atoms with Gasteiger partial charge in [0, 0.05) is 24.8 Å². The van der Waals surface area contributed by atoms with Crippen molar-refractivity contribution in [2.75, 3.05) is 26.9 Å². The summed E-state index contributed by atoms with van der Waals surface area (Å²) in [4.78, 5) is 125. The summed E-state index contributed by atoms with van der Waals surface area (Å²) in [6, 6.07) is -1.42. The molecule has 0 aromatic carbocycles. The second-order valence-corrected chi connectivity index (χ2v) is 10.0. The van der Waals surface area contributed by atoms with Crippen LogP contribution < -0.4 is 0 Å². The van der Waals surface area contributed by atoms with Gasteiger partial charge in [0.05, 0.1) is 19.3 Å². The van der Waals surface area contributed by atoms with Crippen molar-refractivity contribution in [1.82, 2.24) is 14.7 Å². The van der Waals surface area contributed by atoms with E-state index in [9.17, 15) is 52.7 Å². The lowest BCUT2D eigenvalue weighted by Crippen LogP contribution is -2.59. The van der Waals surface area contributed by atoms with E-state index in [-0.39, 0.29) is 42.3 Å². The van der Waals surface area contributed by atoms with Crippen molar-refractivity contribution < 1.29 is 71.7 Å². The molecule has 3 atom stereocenters. The summed E-state index contributed by atoms with van der Waals surface area (Å²) in [5.41, 5.74) is 0.163. The monoisotopic (exact) mass is 677 g/mol. The summed E-state index contributed by atoms with van der Waals surface area (Å²) < 4.78 is 18.4. The third kappa shape index (κ3) is 11.0. The molecule has 0 N–H and O–H groups in total. The summed E-state index contributed by atoms with van der Waals surface area (Å²) >= 11 is 0. The fourth-order valence-electron chi connectivity index (χ4n) is 3.83. The third-order valence-electron chi connectivity index (χ3n) is 6.50. The zero-order valence-corrected chi connectivity index (χ0v) is 26.7. The molecule has 3 heterocycles. The molecular weight excluding hydrogens is 642 g/mol. The van der Waals surface area contributed by atoms with Crippen LogP contribution in [0.3, 0.4) is 0 Å². The molecule has 0 bridgehead atoms. The number of rotatable bonds is 12. The Kier molecular flexibility index (Phi) is 15.5. The maximum atomic E-state index is 11.5. The van der Waals surface area contributed by atoms with Crippen molar-refractivity contribution in [3.63, 3.8) is 0 Å². The number of likely N-dealkylation sites (tertiary alicyclic amines) is 3. The van der Waals surface area contributed by atoms with Crippen LogP contribution in [0, 0.1) is 0 Å². The highest BCUT2D eigenvalue weighted by Crippen LogP contribution is 2.21. The number of esters is 3. The minimum Gasteiger partial charge on any atom is -0.452 e. The number of carbonyl (C=O) groups is 11. The van der Waals surface area contributed by atoms with E-state index < -0.39 is 85.6 Å². The molecule has 260 valence electrons. The lowest BCUT2D eigenvalue weighted by atomic mass is 9.98. The predicted molar refractivity (Wildman–Crippen MR) is 157 cm³/mol. The zero-order valence-electron chi connectivity index (χ0n) is 26.7. The van der Waals surface area contributed by atoms with Crippen LogP contribution >= 0.6 is 0 Å². The summed E-state index contributed by atoms with van der Waals surface area (Å²) in [6.07, 6.45) is 1.57. The Bertz CT molecular complexity index is 1430. The van der Waals surface area contributed by atoms with Crippen LogP contribution in [0.2, 0.25) is 0 Å². The highest BCUT2D eigenvalue weighted by molar-refractivity contribution is 6.09. The van der Waals surface area contributed by atoms with Crippen LogP contribution in [0.4, 0.5) is 0 Å². The Morgan fingerprint density at radius 2 is 1.00 bits per heavy atom. The molecule has 18 nitrogen and oxygen atoms in total. The molecule has 3 aliphatic rings. The second-order valence-electron chi connectivity index (χ2n) is 10.0. The van der Waals surface area contributed by atoms with Gasteiger partial charge in [0.1, 0.15) is 18.3 Å². The van der Waals surface area contributed by atoms with Crippen molar-refractivity contribution in [2.24, 2.45) is 0 Å². The van der Waals surface area contributed by atoms with E-state index in [0.29, 0.717) is 0 Å². The maximum absolute atomic E-state index is 11.5. The van der Waals surface area contributed by atoms with Gasteiger partial charge < -0.3 is 18.9 Å². The van der Waals surface area contributed by atoms with Crippen molar-refractivity contribution in [3.8, 4) is 0 Å². The second kappa shape index (κ2) is 18.5. The molecule has 6 amide bonds. The van der Waals surface area contributed by atoms with E-state index in [4.69, 9.17) is 4.74 Å². The van der Waals surface area contributed by atoms with E-state index in [0.717, 1.165) is 26.9 Å². The number of imide groups is 3. The third-order valence-corrected chi connectivity index (χ3v) is 6.50. The van der Waals surface area contributed by atoms with Gasteiger partial charge in [-0.25, -0.2) is 14.4 Å². The van der Waals surface area contributed by atoms with Crippen molar-refractivity contribution in [3.05, 3.63) is 37.5 Å². The Hall–Kier alpha value is -5.65. The molecule has 0 aromatic heterocycles. The van der Waals surface area contributed by atoms with Crippen LogP contribution in [-0.2, 0) is 71.7 Å². The average molecular weight is 678 g/mol. The van der Waals surface area contributed by atoms with Crippen LogP contribution in [0.1, 0.15) is 40.0 Å². The van der Waals surface area contributed by atoms with Crippen LogP contribution in [0.15, 0.2) is 37.5 Å². The summed E-state index contributed by atoms with van der Waals surface area (Å²) in [6.45, 7) is 12.1. The largest absolute Gasteiger partial charge is 0.452 e. The van der Waals surface area contributed by atoms with Crippen molar-refractivity contribution >= 4 is 64.9 Å². The fourth-order valence-corrected chi connectivity index (χ4v) is 3.83. The molecule has 0 spiro atoms. The standard InChI is InChI=1S/C11H13NO5.C10H11NO5.C9H11NO5/c1-6(2)11(16)17-5-10(15)12-8(7(3)13)4-9(12)14;1-3-10(15)16-5-9(14)11-7(6(2)12)4-8(11)13;1-3-9(13)15-5-7(12)10-6(11)4-8(10)14-2/h8H,1,4-5H2,2-3H3;3,7H,1,4-5H2,2H3;3,8H,1,4-5H2,2H3. The lowest BCUT2D eigenvalue weighted by molar-refractivity contribution is -0.181. The van der Waals surface area contributed by atoms with Gasteiger partial charge in [-0.15, -0.1) is 0 Å². The van der Waals surface area contributed by atoms with Gasteiger partial charge >= 0.3 is 17.9 Å². The molecule has 48 heavy (non-hydrogen) atoms. The highest BCUT2D eigenvalue weighted by atomic mass is 16.5. The number of hydrogen-bond acceptors (Lipinski definition) is 15. The number of methoxy groups -OCH3 is 1. The van der Waals surface area contributed by atoms with Gasteiger partial charge in [0.15, 0.2) is 31.4 Å². The molecular formula is C30H35N3O15. The van der Waals surface area contributed by atoms with E-state index >= 15 is 0 Å². The molecule has 0 aliphatic carbocycles. The van der Waals surface area contributed by atoms with Gasteiger partial charge in [0.25, 0.3) is 17.7 Å². The molecule has 0 radical (unpaired) electrons. The molecule has 0 aromatic rings. The molecule has 3 fully saturated rings. The topological polar surface area (TPSA) is 234 Å². The van der Waals surface area contributed by atoms with Gasteiger partial charge in [-0.1, -0.05) is 19.7 Å². The number of Topliss-reactive ketones (excluding diaryl/α,β-unsaturated/α-hetero) is 2. The fraction of sp³-hybridized carbons (Fsp3) is 0.433. The van der Waals surface area contributed by atoms with Crippen molar-refractivity contribution in [2.45, 2.75) is 58.3 Å². The number of nitrogens with zero attached hydrogens (tertiary/aromatic N) is 3. The smallest absolute Gasteiger partial charge is 0.333 e. The predicted octanol–water partition coefficient (Wildman–Crippen LogP) is -1.30. The normalized spacial score (nSPS) is 18.8. The molecule has 3 aliphatic heterocycles. The molecule has 0 saturated carbocycles. The molecule has 3 unspecified atom stereocenters. The van der Waals surface area contributed by atoms with Gasteiger partial charge in [-0.05, 0) is 20.8 Å². The van der Waals surface area contributed by atoms with Crippen LogP contribution in [-0.4, -0.2) is 125 Å². The molecule has 3 rings (SSSR count). The molecule has 18 heteroatoms. The van der Waals surface area contributed by atoms with E-state index in [1.807, 2.05) is 0 Å². The summed E-state index contributed by atoms with van der Waals surface area (Å²) in [7, 11) is 1.40. The number of amides is 6. The Balaban J connectivity index is 0.000000361. The van der Waals surface area contributed by atoms with E-state index in [1.54, 1.807) is 0 Å². The lowest BCUT2D eigenvalue weighted by Gasteiger charge is -2.36.